The van der Waals surface area contributed by atoms with Crippen LogP contribution in [0.1, 0.15) is 39.4 Å². The Morgan fingerprint density at radius 3 is 2.86 bits per heavy atom. The molecular formula is C15H21FN4O. The number of hydrogen-bond donors (Lipinski definition) is 1. The molecule has 114 valence electrons. The molecule has 0 aliphatic carbocycles. The first-order valence-electron chi connectivity index (χ1n) is 7.46. The number of aromatic nitrogens is 3. The number of rotatable bonds is 3. The molecule has 3 heterocycles. The minimum atomic E-state index is -0.498. The Morgan fingerprint density at radius 2 is 2.24 bits per heavy atom. The van der Waals surface area contributed by atoms with E-state index < -0.39 is 5.95 Å². The summed E-state index contributed by atoms with van der Waals surface area (Å²) in [5, 5.41) is 7.85. The van der Waals surface area contributed by atoms with E-state index in [2.05, 4.69) is 24.3 Å². The van der Waals surface area contributed by atoms with Crippen molar-refractivity contribution in [1.29, 1.82) is 0 Å². The molecule has 1 atom stereocenters. The van der Waals surface area contributed by atoms with Crippen molar-refractivity contribution >= 4 is 5.52 Å². The van der Waals surface area contributed by atoms with Crippen LogP contribution in [0.5, 0.6) is 0 Å². The average Bonchev–Trinajstić information content (AvgIpc) is 3.00. The molecule has 0 spiro atoms. The predicted octanol–water partition coefficient (Wildman–Crippen LogP) is 1.89. The summed E-state index contributed by atoms with van der Waals surface area (Å²) in [6.07, 6.45) is 1.92. The lowest BCUT2D eigenvalue weighted by atomic mass is 9.99. The highest BCUT2D eigenvalue weighted by atomic mass is 19.1. The lowest BCUT2D eigenvalue weighted by Crippen LogP contribution is -2.42. The Kier molecular flexibility index (Phi) is 3.36. The van der Waals surface area contributed by atoms with Crippen LogP contribution in [-0.2, 0) is 12.1 Å². The second kappa shape index (κ2) is 4.94. The molecule has 1 aliphatic rings. The van der Waals surface area contributed by atoms with E-state index in [1.807, 2.05) is 6.92 Å². The molecule has 0 saturated carbocycles. The summed E-state index contributed by atoms with van der Waals surface area (Å²) in [4.78, 5) is 12.7. The van der Waals surface area contributed by atoms with Gasteiger partial charge in [0.1, 0.15) is 5.52 Å². The Morgan fingerprint density at radius 1 is 1.48 bits per heavy atom. The van der Waals surface area contributed by atoms with Gasteiger partial charge in [-0.15, -0.1) is 5.10 Å². The Balaban J connectivity index is 2.29. The van der Waals surface area contributed by atoms with Gasteiger partial charge in [-0.05, 0) is 44.4 Å². The summed E-state index contributed by atoms with van der Waals surface area (Å²) in [5.41, 5.74) is -0.259. The molecule has 0 unspecified atom stereocenters. The quantitative estimate of drug-likeness (QED) is 0.940. The van der Waals surface area contributed by atoms with Crippen LogP contribution >= 0.6 is 0 Å². The molecule has 6 heteroatoms. The van der Waals surface area contributed by atoms with E-state index in [4.69, 9.17) is 0 Å². The fourth-order valence-corrected chi connectivity index (χ4v) is 3.08. The molecule has 1 fully saturated rings. The topological polar surface area (TPSA) is 51.3 Å². The molecular weight excluding hydrogens is 271 g/mol. The zero-order chi connectivity index (χ0) is 15.2. The minimum absolute atomic E-state index is 0.174. The standard InChI is InChI=1S/C15H21FN4O/c1-10(2)9-19-13(21)11-5-6-12(16)20(11)18-14(19)15(3)7-4-8-17-15/h5-6,10,17H,4,7-9H2,1-3H3/t15-/m0/s1. The molecule has 2 aromatic heterocycles. The van der Waals surface area contributed by atoms with E-state index in [0.29, 0.717) is 23.8 Å². The number of nitrogens with one attached hydrogen (secondary N) is 1. The van der Waals surface area contributed by atoms with E-state index >= 15 is 0 Å². The monoisotopic (exact) mass is 292 g/mol. The molecule has 1 saturated heterocycles. The van der Waals surface area contributed by atoms with Crippen molar-refractivity contribution < 1.29 is 4.39 Å². The van der Waals surface area contributed by atoms with E-state index in [1.54, 1.807) is 4.57 Å². The Bertz CT molecular complexity index is 725. The first-order valence-corrected chi connectivity index (χ1v) is 7.46. The van der Waals surface area contributed by atoms with Gasteiger partial charge in [-0.1, -0.05) is 13.8 Å². The average molecular weight is 292 g/mol. The van der Waals surface area contributed by atoms with Crippen LogP contribution in [-0.4, -0.2) is 20.7 Å². The van der Waals surface area contributed by atoms with Gasteiger partial charge in [0.05, 0.1) is 5.54 Å². The summed E-state index contributed by atoms with van der Waals surface area (Å²) >= 11 is 0. The van der Waals surface area contributed by atoms with Crippen molar-refractivity contribution in [2.24, 2.45) is 5.92 Å². The zero-order valence-electron chi connectivity index (χ0n) is 12.7. The van der Waals surface area contributed by atoms with Gasteiger partial charge in [-0.3, -0.25) is 9.36 Å². The first kappa shape index (κ1) is 14.3. The third-order valence-corrected chi connectivity index (χ3v) is 4.13. The van der Waals surface area contributed by atoms with Crippen molar-refractivity contribution in [3.05, 3.63) is 34.3 Å². The van der Waals surface area contributed by atoms with E-state index in [9.17, 15) is 9.18 Å². The first-order chi connectivity index (χ1) is 9.92. The van der Waals surface area contributed by atoms with Gasteiger partial charge in [0.15, 0.2) is 5.82 Å². The van der Waals surface area contributed by atoms with Crippen molar-refractivity contribution in [2.75, 3.05) is 6.54 Å². The number of fused-ring (bicyclic) bond motifs is 1. The third-order valence-electron chi connectivity index (χ3n) is 4.13. The molecule has 3 rings (SSSR count). The normalized spacial score (nSPS) is 22.5. The summed E-state index contributed by atoms with van der Waals surface area (Å²) < 4.78 is 16.7. The third kappa shape index (κ3) is 2.27. The maximum Gasteiger partial charge on any atom is 0.278 e. The molecule has 0 radical (unpaired) electrons. The summed E-state index contributed by atoms with van der Waals surface area (Å²) in [6, 6.07) is 2.79. The lowest BCUT2D eigenvalue weighted by Gasteiger charge is -2.27. The summed E-state index contributed by atoms with van der Waals surface area (Å²) in [6.45, 7) is 7.63. The van der Waals surface area contributed by atoms with E-state index in [0.717, 1.165) is 23.9 Å². The van der Waals surface area contributed by atoms with Crippen LogP contribution in [0.3, 0.4) is 0 Å². The van der Waals surface area contributed by atoms with Crippen molar-refractivity contribution in [3.63, 3.8) is 0 Å². The smallest absolute Gasteiger partial charge is 0.278 e. The molecule has 1 N–H and O–H groups in total. The Hall–Kier alpha value is -1.69. The number of hydrogen-bond acceptors (Lipinski definition) is 3. The summed E-state index contributed by atoms with van der Waals surface area (Å²) in [7, 11) is 0. The second-order valence-electron chi connectivity index (χ2n) is 6.45. The van der Waals surface area contributed by atoms with Crippen LogP contribution in [0, 0.1) is 11.9 Å². The fourth-order valence-electron chi connectivity index (χ4n) is 3.08. The molecule has 0 bridgehead atoms. The highest BCUT2D eigenvalue weighted by Gasteiger charge is 2.35. The van der Waals surface area contributed by atoms with Crippen LogP contribution in [0.25, 0.3) is 5.52 Å². The highest BCUT2D eigenvalue weighted by molar-refractivity contribution is 5.44. The van der Waals surface area contributed by atoms with E-state index in [1.165, 1.54) is 12.1 Å². The zero-order valence-corrected chi connectivity index (χ0v) is 12.7. The van der Waals surface area contributed by atoms with Gasteiger partial charge in [-0.25, -0.2) is 0 Å². The van der Waals surface area contributed by atoms with Crippen LogP contribution < -0.4 is 10.9 Å². The molecule has 0 aromatic carbocycles. The molecule has 1 aliphatic heterocycles. The SMILES string of the molecule is CC(C)Cn1c([C@]2(C)CCCN2)nn2c(F)ccc2c1=O. The number of nitrogens with zero attached hydrogens (tertiary/aromatic N) is 3. The largest absolute Gasteiger partial charge is 0.305 e. The van der Waals surface area contributed by atoms with E-state index in [-0.39, 0.29) is 11.1 Å². The second-order valence-corrected chi connectivity index (χ2v) is 6.45. The van der Waals surface area contributed by atoms with Gasteiger partial charge >= 0.3 is 0 Å². The Labute approximate surface area is 122 Å². The maximum absolute atomic E-state index is 13.8. The fraction of sp³-hybridized carbons (Fsp3) is 0.600. The van der Waals surface area contributed by atoms with Gasteiger partial charge in [0, 0.05) is 6.54 Å². The van der Waals surface area contributed by atoms with Crippen molar-refractivity contribution in [2.45, 2.75) is 45.7 Å². The van der Waals surface area contributed by atoms with Gasteiger partial charge in [-0.2, -0.15) is 8.91 Å². The molecule has 21 heavy (non-hydrogen) atoms. The number of halogens is 1. The predicted molar refractivity (Wildman–Crippen MR) is 78.8 cm³/mol. The van der Waals surface area contributed by atoms with Crippen LogP contribution in [0.4, 0.5) is 4.39 Å². The van der Waals surface area contributed by atoms with Crippen LogP contribution in [0.15, 0.2) is 16.9 Å². The van der Waals surface area contributed by atoms with Gasteiger partial charge < -0.3 is 5.32 Å². The maximum atomic E-state index is 13.8. The minimum Gasteiger partial charge on any atom is -0.305 e. The van der Waals surface area contributed by atoms with Gasteiger partial charge in [0.25, 0.3) is 5.56 Å². The van der Waals surface area contributed by atoms with Crippen molar-refractivity contribution in [3.8, 4) is 0 Å². The molecule has 5 nitrogen and oxygen atoms in total. The summed E-state index contributed by atoms with van der Waals surface area (Å²) in [5.74, 6) is 0.443. The van der Waals surface area contributed by atoms with Crippen LogP contribution in [0.2, 0.25) is 0 Å². The molecule has 2 aromatic rings. The molecule has 0 amide bonds. The highest BCUT2D eigenvalue weighted by Crippen LogP contribution is 2.28. The lowest BCUT2D eigenvalue weighted by molar-refractivity contribution is 0.348. The van der Waals surface area contributed by atoms with Crippen molar-refractivity contribution in [1.82, 2.24) is 19.5 Å². The van der Waals surface area contributed by atoms with Gasteiger partial charge in [0.2, 0.25) is 5.95 Å².